The van der Waals surface area contributed by atoms with Gasteiger partial charge in [-0.2, -0.15) is 0 Å². The molecule has 0 fully saturated rings. The Morgan fingerprint density at radius 3 is 2.50 bits per heavy atom. The van der Waals surface area contributed by atoms with Crippen molar-refractivity contribution >= 4 is 5.91 Å². The van der Waals surface area contributed by atoms with Gasteiger partial charge in [0, 0.05) is 12.0 Å². The third kappa shape index (κ3) is 4.06. The van der Waals surface area contributed by atoms with Crippen LogP contribution >= 0.6 is 0 Å². The van der Waals surface area contributed by atoms with Crippen molar-refractivity contribution in [3.05, 3.63) is 29.3 Å². The molecule has 1 aromatic carbocycles. The van der Waals surface area contributed by atoms with Gasteiger partial charge in [0.05, 0.1) is 6.61 Å². The van der Waals surface area contributed by atoms with Gasteiger partial charge in [-0.15, -0.1) is 0 Å². The van der Waals surface area contributed by atoms with Gasteiger partial charge in [-0.3, -0.25) is 4.79 Å². The summed E-state index contributed by atoms with van der Waals surface area (Å²) in [4.78, 5) is 11.8. The van der Waals surface area contributed by atoms with E-state index in [0.717, 1.165) is 16.9 Å². The second-order valence-corrected chi connectivity index (χ2v) is 5.47. The molecule has 0 spiro atoms. The summed E-state index contributed by atoms with van der Waals surface area (Å²) in [5.74, 6) is 0.970. The minimum atomic E-state index is -0.347. The fourth-order valence-electron chi connectivity index (χ4n) is 1.59. The van der Waals surface area contributed by atoms with Crippen LogP contribution in [0.15, 0.2) is 18.2 Å². The van der Waals surface area contributed by atoms with E-state index in [9.17, 15) is 4.79 Å². The summed E-state index contributed by atoms with van der Waals surface area (Å²) in [6, 6.07) is 5.99. The highest BCUT2D eigenvalue weighted by atomic mass is 16.5. The van der Waals surface area contributed by atoms with E-state index in [1.165, 1.54) is 0 Å². The summed E-state index contributed by atoms with van der Waals surface area (Å²) in [5.41, 5.74) is 1.84. The molecule has 0 aliphatic heterocycles. The maximum atomic E-state index is 11.8. The largest absolute Gasteiger partial charge is 0.494 e. The van der Waals surface area contributed by atoms with Crippen molar-refractivity contribution in [2.24, 2.45) is 5.41 Å². The molecule has 0 aliphatic carbocycles. The topological polar surface area (TPSA) is 38.3 Å². The van der Waals surface area contributed by atoms with Crippen molar-refractivity contribution in [3.63, 3.8) is 0 Å². The predicted octanol–water partition coefficient (Wildman–Crippen LogP) is 3.06. The molecule has 0 saturated carbocycles. The number of rotatable bonds is 4. The summed E-state index contributed by atoms with van der Waals surface area (Å²) in [6.45, 7) is 10.9. The molecule has 1 amide bonds. The number of carbonyl (C=O) groups excluding carboxylic acids is 1. The number of benzene rings is 1. The number of carbonyl (C=O) groups is 1. The van der Waals surface area contributed by atoms with Crippen LogP contribution in [0.3, 0.4) is 0 Å². The van der Waals surface area contributed by atoms with E-state index in [1.54, 1.807) is 0 Å². The Morgan fingerprint density at radius 2 is 2.00 bits per heavy atom. The Morgan fingerprint density at radius 1 is 1.33 bits per heavy atom. The van der Waals surface area contributed by atoms with Gasteiger partial charge in [0.2, 0.25) is 5.91 Å². The normalized spacial score (nSPS) is 11.2. The van der Waals surface area contributed by atoms with Crippen LogP contribution in [-0.4, -0.2) is 12.5 Å². The third-order valence-corrected chi connectivity index (χ3v) is 2.67. The fraction of sp³-hybridized carbons (Fsp3) is 0.533. The summed E-state index contributed by atoms with van der Waals surface area (Å²) in [5, 5.41) is 2.94. The maximum absolute atomic E-state index is 11.8. The van der Waals surface area contributed by atoms with Crippen LogP contribution in [0.5, 0.6) is 5.75 Å². The molecule has 0 aliphatic rings. The lowest BCUT2D eigenvalue weighted by Gasteiger charge is -2.18. The minimum absolute atomic E-state index is 0.0639. The molecular formula is C15H23NO2. The Labute approximate surface area is 110 Å². The second-order valence-electron chi connectivity index (χ2n) is 5.47. The van der Waals surface area contributed by atoms with Crippen molar-refractivity contribution in [3.8, 4) is 5.75 Å². The first kappa shape index (κ1) is 14.6. The summed E-state index contributed by atoms with van der Waals surface area (Å²) in [7, 11) is 0. The van der Waals surface area contributed by atoms with Crippen LogP contribution in [0.25, 0.3) is 0 Å². The average molecular weight is 249 g/mol. The highest BCUT2D eigenvalue weighted by Gasteiger charge is 2.20. The van der Waals surface area contributed by atoms with E-state index in [2.05, 4.69) is 5.32 Å². The van der Waals surface area contributed by atoms with Crippen LogP contribution in [0.2, 0.25) is 0 Å². The number of amides is 1. The first-order valence-corrected chi connectivity index (χ1v) is 6.35. The Kier molecular flexibility index (Phi) is 4.76. The molecule has 1 aromatic rings. The number of hydrogen-bond acceptors (Lipinski definition) is 2. The minimum Gasteiger partial charge on any atom is -0.494 e. The molecule has 1 rings (SSSR count). The van der Waals surface area contributed by atoms with Gasteiger partial charge in [0.25, 0.3) is 0 Å². The number of nitrogens with one attached hydrogen (secondary N) is 1. The number of hydrogen-bond donors (Lipinski definition) is 1. The standard InChI is InChI=1S/C15H23NO2/c1-6-18-13-8-7-12(9-11(13)2)10-16-14(17)15(3,4)5/h7-9H,6,10H2,1-5H3,(H,16,17). The summed E-state index contributed by atoms with van der Waals surface area (Å²) >= 11 is 0. The molecular weight excluding hydrogens is 226 g/mol. The van der Waals surface area contributed by atoms with E-state index >= 15 is 0 Å². The fourth-order valence-corrected chi connectivity index (χ4v) is 1.59. The van der Waals surface area contributed by atoms with E-state index in [-0.39, 0.29) is 11.3 Å². The van der Waals surface area contributed by atoms with Crippen LogP contribution in [0, 0.1) is 12.3 Å². The van der Waals surface area contributed by atoms with Crippen LogP contribution in [0.1, 0.15) is 38.8 Å². The van der Waals surface area contributed by atoms with Gasteiger partial charge in [-0.1, -0.05) is 32.9 Å². The average Bonchev–Trinajstić information content (AvgIpc) is 2.28. The second kappa shape index (κ2) is 5.89. The molecule has 0 atom stereocenters. The first-order valence-electron chi connectivity index (χ1n) is 6.35. The lowest BCUT2D eigenvalue weighted by atomic mass is 9.95. The molecule has 18 heavy (non-hydrogen) atoms. The lowest BCUT2D eigenvalue weighted by molar-refractivity contribution is -0.128. The van der Waals surface area contributed by atoms with Gasteiger partial charge in [-0.25, -0.2) is 0 Å². The zero-order valence-electron chi connectivity index (χ0n) is 12.0. The van der Waals surface area contributed by atoms with Crippen LogP contribution in [0.4, 0.5) is 0 Å². The Bertz CT molecular complexity index is 419. The van der Waals surface area contributed by atoms with Crippen LogP contribution < -0.4 is 10.1 Å². The summed E-state index contributed by atoms with van der Waals surface area (Å²) in [6.07, 6.45) is 0. The van der Waals surface area contributed by atoms with E-state index in [0.29, 0.717) is 13.2 Å². The quantitative estimate of drug-likeness (QED) is 0.890. The van der Waals surface area contributed by atoms with Gasteiger partial charge in [0.1, 0.15) is 5.75 Å². The first-order chi connectivity index (χ1) is 8.34. The van der Waals surface area contributed by atoms with Crippen LogP contribution in [-0.2, 0) is 11.3 Å². The third-order valence-electron chi connectivity index (χ3n) is 2.67. The van der Waals surface area contributed by atoms with Crippen molar-refractivity contribution in [2.75, 3.05) is 6.61 Å². The molecule has 0 aromatic heterocycles. The van der Waals surface area contributed by atoms with E-state index in [1.807, 2.05) is 52.8 Å². The Balaban J connectivity index is 2.64. The molecule has 3 heteroatoms. The van der Waals surface area contributed by atoms with Crippen molar-refractivity contribution in [2.45, 2.75) is 41.2 Å². The summed E-state index contributed by atoms with van der Waals surface area (Å²) < 4.78 is 5.48. The van der Waals surface area contributed by atoms with Gasteiger partial charge in [0.15, 0.2) is 0 Å². The molecule has 3 nitrogen and oxygen atoms in total. The molecule has 0 unspecified atom stereocenters. The van der Waals surface area contributed by atoms with Gasteiger partial charge < -0.3 is 10.1 Å². The number of aryl methyl sites for hydroxylation is 1. The Hall–Kier alpha value is -1.51. The monoisotopic (exact) mass is 249 g/mol. The van der Waals surface area contributed by atoms with Crippen molar-refractivity contribution < 1.29 is 9.53 Å². The highest BCUT2D eigenvalue weighted by Crippen LogP contribution is 2.19. The smallest absolute Gasteiger partial charge is 0.225 e. The highest BCUT2D eigenvalue weighted by molar-refractivity contribution is 5.81. The van der Waals surface area contributed by atoms with E-state index < -0.39 is 0 Å². The number of ether oxygens (including phenoxy) is 1. The lowest BCUT2D eigenvalue weighted by Crippen LogP contribution is -2.34. The molecule has 0 saturated heterocycles. The molecule has 1 N–H and O–H groups in total. The zero-order chi connectivity index (χ0) is 13.8. The molecule has 0 heterocycles. The van der Waals surface area contributed by atoms with Crippen molar-refractivity contribution in [1.29, 1.82) is 0 Å². The molecule has 0 radical (unpaired) electrons. The van der Waals surface area contributed by atoms with Gasteiger partial charge in [-0.05, 0) is 31.0 Å². The van der Waals surface area contributed by atoms with Crippen molar-refractivity contribution in [1.82, 2.24) is 5.32 Å². The zero-order valence-corrected chi connectivity index (χ0v) is 12.0. The predicted molar refractivity (Wildman–Crippen MR) is 73.6 cm³/mol. The van der Waals surface area contributed by atoms with Gasteiger partial charge >= 0.3 is 0 Å². The molecule has 0 bridgehead atoms. The SMILES string of the molecule is CCOc1ccc(CNC(=O)C(C)(C)C)cc1C. The maximum Gasteiger partial charge on any atom is 0.225 e. The van der Waals surface area contributed by atoms with E-state index in [4.69, 9.17) is 4.74 Å². The molecule has 100 valence electrons.